The molecule has 1 aliphatic rings. The molecule has 1 saturated heterocycles. The monoisotopic (exact) mass is 438 g/mol. The van der Waals surface area contributed by atoms with Gasteiger partial charge >= 0.3 is 6.18 Å². The van der Waals surface area contributed by atoms with Gasteiger partial charge in [-0.1, -0.05) is 48.8 Å². The van der Waals surface area contributed by atoms with Crippen LogP contribution in [0.2, 0.25) is 0 Å². The van der Waals surface area contributed by atoms with Gasteiger partial charge in [-0.15, -0.1) is 11.3 Å². The lowest BCUT2D eigenvalue weighted by Crippen LogP contribution is -2.36. The fourth-order valence-corrected chi connectivity index (χ4v) is 5.06. The number of fused-ring (bicyclic) bond motifs is 1. The Bertz CT molecular complexity index is 1130. The van der Waals surface area contributed by atoms with Gasteiger partial charge in [0.15, 0.2) is 0 Å². The number of allylic oxidation sites excluding steroid dienone is 1. The number of alkyl halides is 3. The van der Waals surface area contributed by atoms with Crippen LogP contribution in [0.4, 0.5) is 13.2 Å². The van der Waals surface area contributed by atoms with Gasteiger partial charge in [-0.3, -0.25) is 4.90 Å². The van der Waals surface area contributed by atoms with Crippen LogP contribution in [-0.2, 0) is 6.18 Å². The van der Waals surface area contributed by atoms with Crippen molar-refractivity contribution in [2.45, 2.75) is 38.0 Å². The summed E-state index contributed by atoms with van der Waals surface area (Å²) in [6.07, 6.45) is -0.418. The smallest absolute Gasteiger partial charge is 0.279 e. The van der Waals surface area contributed by atoms with E-state index >= 15 is 0 Å². The zero-order valence-electron chi connectivity index (χ0n) is 17.2. The van der Waals surface area contributed by atoms with E-state index in [1.165, 1.54) is 22.2 Å². The largest absolute Gasteiger partial charge is 0.416 e. The minimum absolute atomic E-state index is 0.0286. The van der Waals surface area contributed by atoms with Gasteiger partial charge < -0.3 is 0 Å². The van der Waals surface area contributed by atoms with Crippen LogP contribution in [0.25, 0.3) is 10.1 Å². The number of halogens is 3. The van der Waals surface area contributed by atoms with Gasteiger partial charge in [-0.25, -0.2) is 0 Å². The molecule has 0 spiro atoms. The number of hydrogen-bond acceptors (Lipinski definition) is 2. The van der Waals surface area contributed by atoms with Crippen LogP contribution in [0.1, 0.15) is 48.5 Å². The molecule has 5 heteroatoms. The first-order valence-electron chi connectivity index (χ1n) is 10.2. The van der Waals surface area contributed by atoms with Gasteiger partial charge in [0, 0.05) is 17.3 Å². The van der Waals surface area contributed by atoms with Crippen LogP contribution in [0.15, 0.2) is 66.1 Å². The fraction of sp³-hybridized carbons (Fsp3) is 0.269. The van der Waals surface area contributed by atoms with Gasteiger partial charge in [0.1, 0.15) is 0 Å². The lowest BCUT2D eigenvalue weighted by atomic mass is 9.91. The standard InChI is InChI=1S/C26H23F3NS/c1-18(2)10-15-24(22-17-31-25-9-4-3-7-21(22)25)30-16-6-5-8-23(30)19-11-13-20(14-12-19)26(27,28)29/h3-5,7,9,11-14,17,23-24H,1,6,8,16H2,2H3/t23-,24+/m0/s1. The Labute approximate surface area is 185 Å². The van der Waals surface area contributed by atoms with Crippen molar-refractivity contribution in [3.8, 4) is 11.8 Å². The normalized spacial score (nSPS) is 18.4. The molecular weight excluding hydrogens is 415 g/mol. The average molecular weight is 439 g/mol. The van der Waals surface area contributed by atoms with Crippen molar-refractivity contribution in [3.05, 3.63) is 89.2 Å². The lowest BCUT2D eigenvalue weighted by Gasteiger charge is -2.39. The molecule has 3 aromatic rings. The minimum atomic E-state index is -4.33. The van der Waals surface area contributed by atoms with E-state index in [0.29, 0.717) is 0 Å². The van der Waals surface area contributed by atoms with Crippen molar-refractivity contribution < 1.29 is 13.2 Å². The number of piperidine rings is 1. The predicted molar refractivity (Wildman–Crippen MR) is 122 cm³/mol. The van der Waals surface area contributed by atoms with Crippen LogP contribution < -0.4 is 0 Å². The van der Waals surface area contributed by atoms with Gasteiger partial charge in [-0.05, 0) is 71.9 Å². The summed E-state index contributed by atoms with van der Waals surface area (Å²) in [6, 6.07) is 13.6. The van der Waals surface area contributed by atoms with E-state index < -0.39 is 11.7 Å². The average Bonchev–Trinajstić information content (AvgIpc) is 3.18. The van der Waals surface area contributed by atoms with Crippen molar-refractivity contribution in [2.24, 2.45) is 0 Å². The highest BCUT2D eigenvalue weighted by Gasteiger charge is 2.33. The van der Waals surface area contributed by atoms with Crippen LogP contribution in [-0.4, -0.2) is 11.4 Å². The van der Waals surface area contributed by atoms with Gasteiger partial charge in [0.25, 0.3) is 0 Å². The molecule has 1 aliphatic heterocycles. The third-order valence-corrected chi connectivity index (χ3v) is 6.55. The maximum atomic E-state index is 13.0. The first-order chi connectivity index (χ1) is 14.8. The molecule has 4 rings (SSSR count). The van der Waals surface area contributed by atoms with Gasteiger partial charge in [0.05, 0.1) is 11.6 Å². The first kappa shape index (κ1) is 21.7. The summed E-state index contributed by atoms with van der Waals surface area (Å²) in [5, 5.41) is 3.33. The first-order valence-corrected chi connectivity index (χ1v) is 11.1. The zero-order valence-corrected chi connectivity index (χ0v) is 18.1. The summed E-state index contributed by atoms with van der Waals surface area (Å²) in [4.78, 5) is 2.33. The Kier molecular flexibility index (Phi) is 6.22. The summed E-state index contributed by atoms with van der Waals surface area (Å²) >= 11 is 1.69. The van der Waals surface area contributed by atoms with Crippen LogP contribution in [0.5, 0.6) is 0 Å². The molecule has 31 heavy (non-hydrogen) atoms. The van der Waals surface area contributed by atoms with E-state index in [0.717, 1.165) is 36.1 Å². The Balaban J connectivity index is 1.75. The molecule has 1 radical (unpaired) electrons. The van der Waals surface area contributed by atoms with Crippen molar-refractivity contribution in [1.82, 2.24) is 4.90 Å². The summed E-state index contributed by atoms with van der Waals surface area (Å²) in [5.74, 6) is 6.56. The molecule has 1 aromatic heterocycles. The molecule has 1 nitrogen and oxygen atoms in total. The fourth-order valence-electron chi connectivity index (χ4n) is 4.08. The maximum absolute atomic E-state index is 13.0. The number of hydrogen-bond donors (Lipinski definition) is 0. The van der Waals surface area contributed by atoms with Crippen molar-refractivity contribution >= 4 is 21.4 Å². The second kappa shape index (κ2) is 8.90. The lowest BCUT2D eigenvalue weighted by molar-refractivity contribution is -0.137. The number of rotatable bonds is 3. The molecule has 0 amide bonds. The minimum Gasteiger partial charge on any atom is -0.279 e. The highest BCUT2D eigenvalue weighted by atomic mass is 32.1. The van der Waals surface area contributed by atoms with Crippen molar-refractivity contribution in [1.29, 1.82) is 0 Å². The summed E-state index contributed by atoms with van der Waals surface area (Å²) in [5.41, 5.74) is 2.20. The highest BCUT2D eigenvalue weighted by Crippen LogP contribution is 2.41. The quantitative estimate of drug-likeness (QED) is 0.381. The predicted octanol–water partition coefficient (Wildman–Crippen LogP) is 7.58. The van der Waals surface area contributed by atoms with Gasteiger partial charge in [-0.2, -0.15) is 13.2 Å². The third kappa shape index (κ3) is 4.71. The number of benzene rings is 2. The van der Waals surface area contributed by atoms with E-state index in [-0.39, 0.29) is 12.1 Å². The second-order valence-corrected chi connectivity index (χ2v) is 8.74. The summed E-state index contributed by atoms with van der Waals surface area (Å²) in [6.45, 7) is 6.60. The third-order valence-electron chi connectivity index (χ3n) is 5.56. The molecule has 2 aromatic carbocycles. The molecule has 0 unspecified atom stereocenters. The Morgan fingerprint density at radius 1 is 1.16 bits per heavy atom. The van der Waals surface area contributed by atoms with E-state index in [2.05, 4.69) is 47.3 Å². The maximum Gasteiger partial charge on any atom is 0.416 e. The van der Waals surface area contributed by atoms with Crippen LogP contribution in [0.3, 0.4) is 0 Å². The van der Waals surface area contributed by atoms with E-state index in [1.54, 1.807) is 23.5 Å². The van der Waals surface area contributed by atoms with Crippen molar-refractivity contribution in [2.75, 3.05) is 6.54 Å². The molecule has 2 atom stereocenters. The molecule has 0 bridgehead atoms. The highest BCUT2D eigenvalue weighted by molar-refractivity contribution is 7.17. The molecule has 0 aliphatic carbocycles. The second-order valence-electron chi connectivity index (χ2n) is 7.83. The molecule has 159 valence electrons. The Morgan fingerprint density at radius 2 is 1.90 bits per heavy atom. The SMILES string of the molecule is C=C(C)C#C[C@H](c1csc2ccccc12)N1CC[CH]C[C@H]1c1ccc(C(F)(F)F)cc1. The number of likely N-dealkylation sites (tertiary alicyclic amines) is 1. The van der Waals surface area contributed by atoms with Crippen LogP contribution >= 0.6 is 11.3 Å². The Hall–Kier alpha value is -2.55. The van der Waals surface area contributed by atoms with E-state index in [1.807, 2.05) is 19.1 Å². The topological polar surface area (TPSA) is 3.24 Å². The summed E-state index contributed by atoms with van der Waals surface area (Å²) < 4.78 is 40.3. The van der Waals surface area contributed by atoms with Crippen molar-refractivity contribution in [3.63, 3.8) is 0 Å². The van der Waals surface area contributed by atoms with E-state index in [9.17, 15) is 13.2 Å². The van der Waals surface area contributed by atoms with E-state index in [4.69, 9.17) is 0 Å². The van der Waals surface area contributed by atoms with Gasteiger partial charge in [0.2, 0.25) is 0 Å². The molecule has 2 heterocycles. The number of thiophene rings is 1. The molecule has 0 N–H and O–H groups in total. The number of nitrogens with zero attached hydrogens (tertiary/aromatic N) is 1. The molecule has 0 saturated carbocycles. The van der Waals surface area contributed by atoms with Crippen LogP contribution in [0, 0.1) is 18.3 Å². The molecule has 1 fully saturated rings. The summed E-state index contributed by atoms with van der Waals surface area (Å²) in [7, 11) is 0. The Morgan fingerprint density at radius 3 is 2.61 bits per heavy atom. The zero-order chi connectivity index (χ0) is 22.0. The molecular formula is C26H23F3NS.